The second-order valence-electron chi connectivity index (χ2n) is 5.41. The van der Waals surface area contributed by atoms with E-state index in [1.165, 1.54) is 10.2 Å². The highest BCUT2D eigenvalue weighted by atomic mass is 16.1. The molecule has 0 amide bonds. The Kier molecular flexibility index (Phi) is 3.80. The maximum atomic E-state index is 11.6. The van der Waals surface area contributed by atoms with Crippen LogP contribution in [0, 0.1) is 17.2 Å². The molecule has 0 saturated carbocycles. The van der Waals surface area contributed by atoms with E-state index in [1.54, 1.807) is 18.3 Å². The van der Waals surface area contributed by atoms with E-state index in [9.17, 15) is 4.79 Å². The Hall–Kier alpha value is -2.45. The molecule has 0 bridgehead atoms. The molecule has 0 spiro atoms. The first-order valence-electron chi connectivity index (χ1n) is 6.98. The molecule has 2 heterocycles. The average molecular weight is 280 g/mol. The fourth-order valence-corrected chi connectivity index (χ4v) is 2.63. The van der Waals surface area contributed by atoms with E-state index in [0.29, 0.717) is 18.0 Å². The van der Waals surface area contributed by atoms with Gasteiger partial charge in [-0.15, -0.1) is 0 Å². The highest BCUT2D eigenvalue weighted by Gasteiger charge is 2.27. The van der Waals surface area contributed by atoms with Crippen molar-refractivity contribution in [3.05, 3.63) is 64.1 Å². The highest BCUT2D eigenvalue weighted by Crippen LogP contribution is 2.19. The van der Waals surface area contributed by atoms with Crippen LogP contribution in [0.4, 0.5) is 0 Å². The monoisotopic (exact) mass is 280 g/mol. The molecule has 1 aromatic heterocycles. The van der Waals surface area contributed by atoms with Crippen LogP contribution in [0.2, 0.25) is 0 Å². The van der Waals surface area contributed by atoms with Gasteiger partial charge in [-0.25, -0.2) is 4.68 Å². The van der Waals surface area contributed by atoms with E-state index in [-0.39, 0.29) is 5.56 Å². The first-order valence-corrected chi connectivity index (χ1v) is 6.98. The summed E-state index contributed by atoms with van der Waals surface area (Å²) in [4.78, 5) is 13.9. The molecule has 1 aliphatic rings. The van der Waals surface area contributed by atoms with Gasteiger partial charge >= 0.3 is 0 Å². The SMILES string of the molecule is N#Cc1ccc(CN2CC(Cn3ncccc3=O)C2)cc1. The Morgan fingerprint density at radius 2 is 2.00 bits per heavy atom. The number of nitriles is 1. The van der Waals surface area contributed by atoms with Gasteiger partial charge < -0.3 is 0 Å². The van der Waals surface area contributed by atoms with Gasteiger partial charge in [0.25, 0.3) is 5.56 Å². The lowest BCUT2D eigenvalue weighted by Gasteiger charge is -2.39. The number of aromatic nitrogens is 2. The zero-order valence-electron chi connectivity index (χ0n) is 11.6. The Labute approximate surface area is 123 Å². The van der Waals surface area contributed by atoms with Gasteiger partial charge in [-0.05, 0) is 23.8 Å². The molecule has 106 valence electrons. The first kappa shape index (κ1) is 13.5. The Morgan fingerprint density at radius 3 is 2.67 bits per heavy atom. The lowest BCUT2D eigenvalue weighted by molar-refractivity contribution is 0.0766. The molecule has 0 radical (unpaired) electrons. The predicted octanol–water partition coefficient (Wildman–Crippen LogP) is 1.25. The van der Waals surface area contributed by atoms with Crippen LogP contribution in [-0.4, -0.2) is 27.8 Å². The molecule has 2 aromatic rings. The number of hydrogen-bond donors (Lipinski definition) is 0. The lowest BCUT2D eigenvalue weighted by atomic mass is 9.99. The van der Waals surface area contributed by atoms with Crippen molar-refractivity contribution in [3.8, 4) is 6.07 Å². The summed E-state index contributed by atoms with van der Waals surface area (Å²) in [6, 6.07) is 13.0. The molecule has 0 atom stereocenters. The van der Waals surface area contributed by atoms with Crippen LogP contribution in [0.15, 0.2) is 47.4 Å². The standard InChI is InChI=1S/C16H16N4O/c17-8-13-3-5-14(6-4-13)9-19-10-15(11-19)12-20-16(21)2-1-7-18-20/h1-7,15H,9-12H2. The number of benzene rings is 1. The van der Waals surface area contributed by atoms with Crippen LogP contribution >= 0.6 is 0 Å². The number of hydrogen-bond acceptors (Lipinski definition) is 4. The van der Waals surface area contributed by atoms with Crippen molar-refractivity contribution in [1.29, 1.82) is 5.26 Å². The maximum Gasteiger partial charge on any atom is 0.266 e. The molecule has 0 N–H and O–H groups in total. The van der Waals surface area contributed by atoms with E-state index < -0.39 is 0 Å². The molecular formula is C16H16N4O. The fourth-order valence-electron chi connectivity index (χ4n) is 2.63. The average Bonchev–Trinajstić information content (AvgIpc) is 2.48. The fraction of sp³-hybridized carbons (Fsp3) is 0.312. The Balaban J connectivity index is 1.51. The minimum Gasteiger partial charge on any atom is -0.298 e. The van der Waals surface area contributed by atoms with Crippen LogP contribution in [0.25, 0.3) is 0 Å². The molecular weight excluding hydrogens is 264 g/mol. The van der Waals surface area contributed by atoms with Crippen molar-refractivity contribution in [3.63, 3.8) is 0 Å². The Bertz CT molecular complexity index is 708. The summed E-state index contributed by atoms with van der Waals surface area (Å²) < 4.78 is 1.53. The zero-order valence-corrected chi connectivity index (χ0v) is 11.6. The van der Waals surface area contributed by atoms with Crippen LogP contribution in [-0.2, 0) is 13.1 Å². The molecule has 0 aliphatic carbocycles. The summed E-state index contributed by atoms with van der Waals surface area (Å²) in [5, 5.41) is 12.9. The topological polar surface area (TPSA) is 61.9 Å². The number of likely N-dealkylation sites (tertiary alicyclic amines) is 1. The molecule has 5 heteroatoms. The molecule has 1 aliphatic heterocycles. The van der Waals surface area contributed by atoms with Gasteiger partial charge in [-0.3, -0.25) is 9.69 Å². The summed E-state index contributed by atoms with van der Waals surface area (Å²) in [5.41, 5.74) is 1.86. The zero-order chi connectivity index (χ0) is 14.7. The van der Waals surface area contributed by atoms with Gasteiger partial charge in [0.1, 0.15) is 0 Å². The molecule has 1 aromatic carbocycles. The first-order chi connectivity index (χ1) is 10.2. The van der Waals surface area contributed by atoms with E-state index >= 15 is 0 Å². The van der Waals surface area contributed by atoms with E-state index in [4.69, 9.17) is 5.26 Å². The molecule has 1 saturated heterocycles. The molecule has 1 fully saturated rings. The molecule has 0 unspecified atom stereocenters. The maximum absolute atomic E-state index is 11.6. The van der Waals surface area contributed by atoms with Gasteiger partial charge in [0, 0.05) is 37.8 Å². The van der Waals surface area contributed by atoms with E-state index in [0.717, 1.165) is 19.6 Å². The number of nitrogens with zero attached hydrogens (tertiary/aromatic N) is 4. The van der Waals surface area contributed by atoms with Crippen LogP contribution in [0.5, 0.6) is 0 Å². The second kappa shape index (κ2) is 5.90. The molecule has 3 rings (SSSR count). The van der Waals surface area contributed by atoms with Crippen molar-refractivity contribution in [2.45, 2.75) is 13.1 Å². The van der Waals surface area contributed by atoms with Crippen molar-refractivity contribution in [2.24, 2.45) is 5.92 Å². The van der Waals surface area contributed by atoms with Gasteiger partial charge in [0.2, 0.25) is 0 Å². The summed E-state index contributed by atoms with van der Waals surface area (Å²) in [7, 11) is 0. The minimum atomic E-state index is -0.0388. The van der Waals surface area contributed by atoms with Gasteiger partial charge in [-0.1, -0.05) is 12.1 Å². The third-order valence-corrected chi connectivity index (χ3v) is 3.74. The quantitative estimate of drug-likeness (QED) is 0.845. The van der Waals surface area contributed by atoms with E-state index in [2.05, 4.69) is 16.1 Å². The molecule has 21 heavy (non-hydrogen) atoms. The van der Waals surface area contributed by atoms with Crippen molar-refractivity contribution >= 4 is 0 Å². The van der Waals surface area contributed by atoms with Crippen molar-refractivity contribution in [1.82, 2.24) is 14.7 Å². The lowest BCUT2D eigenvalue weighted by Crippen LogP contribution is -2.48. The second-order valence-corrected chi connectivity index (χ2v) is 5.41. The smallest absolute Gasteiger partial charge is 0.266 e. The van der Waals surface area contributed by atoms with Gasteiger partial charge in [0.05, 0.1) is 18.2 Å². The van der Waals surface area contributed by atoms with Gasteiger partial charge in [0.15, 0.2) is 0 Å². The minimum absolute atomic E-state index is 0.0388. The van der Waals surface area contributed by atoms with Gasteiger partial charge in [-0.2, -0.15) is 10.4 Å². The summed E-state index contributed by atoms with van der Waals surface area (Å²) >= 11 is 0. The van der Waals surface area contributed by atoms with Crippen molar-refractivity contribution in [2.75, 3.05) is 13.1 Å². The summed E-state index contributed by atoms with van der Waals surface area (Å²) in [6.07, 6.45) is 1.65. The van der Waals surface area contributed by atoms with Crippen molar-refractivity contribution < 1.29 is 0 Å². The Morgan fingerprint density at radius 1 is 1.24 bits per heavy atom. The van der Waals surface area contributed by atoms with Crippen LogP contribution in [0.3, 0.4) is 0 Å². The number of rotatable bonds is 4. The highest BCUT2D eigenvalue weighted by molar-refractivity contribution is 5.31. The summed E-state index contributed by atoms with van der Waals surface area (Å²) in [5.74, 6) is 0.482. The third kappa shape index (κ3) is 3.18. The third-order valence-electron chi connectivity index (χ3n) is 3.74. The van der Waals surface area contributed by atoms with Crippen LogP contribution < -0.4 is 5.56 Å². The van der Waals surface area contributed by atoms with Crippen LogP contribution in [0.1, 0.15) is 11.1 Å². The largest absolute Gasteiger partial charge is 0.298 e. The summed E-state index contributed by atoms with van der Waals surface area (Å²) in [6.45, 7) is 3.52. The van der Waals surface area contributed by atoms with E-state index in [1.807, 2.05) is 24.3 Å². The molecule has 5 nitrogen and oxygen atoms in total. The normalized spacial score (nSPS) is 15.4. The predicted molar refractivity (Wildman–Crippen MR) is 78.4 cm³/mol.